The number of rotatable bonds is 6. The van der Waals surface area contributed by atoms with E-state index in [4.69, 9.17) is 4.74 Å². The standard InChI is InChI=1S/C30H26N4O6/c1-16(29(37)38)31-27(35)20-8-4-6-10-23(20)34-28(36)24-15-21-19-7-3-5-9-22(19)32-25(21)26(33(24)30(34)39)17-11-13-18(40-2)14-12-17/h3-14,16,24,26,32H,15H2,1-2H3,(H,31,35)(H,37,38). The number of H-pyrrole nitrogens is 1. The van der Waals surface area contributed by atoms with Crippen molar-refractivity contribution < 1.29 is 29.0 Å². The van der Waals surface area contributed by atoms with Crippen molar-refractivity contribution >= 4 is 40.4 Å². The van der Waals surface area contributed by atoms with Crippen LogP contribution in [0.3, 0.4) is 0 Å². The molecule has 1 saturated heterocycles. The number of hydrogen-bond donors (Lipinski definition) is 3. The lowest BCUT2D eigenvalue weighted by molar-refractivity contribution is -0.138. The van der Waals surface area contributed by atoms with Crippen LogP contribution in [0.2, 0.25) is 0 Å². The summed E-state index contributed by atoms with van der Waals surface area (Å²) in [6.07, 6.45) is 0.303. The van der Waals surface area contributed by atoms with E-state index in [0.29, 0.717) is 12.2 Å². The summed E-state index contributed by atoms with van der Waals surface area (Å²) < 4.78 is 5.33. The van der Waals surface area contributed by atoms with Gasteiger partial charge in [-0.25, -0.2) is 9.69 Å². The number of methoxy groups -OCH3 is 1. The first kappa shape index (κ1) is 25.2. The van der Waals surface area contributed by atoms with Crippen molar-refractivity contribution in [2.75, 3.05) is 12.0 Å². The van der Waals surface area contributed by atoms with Crippen molar-refractivity contribution in [2.24, 2.45) is 0 Å². The average molecular weight is 539 g/mol. The zero-order valence-corrected chi connectivity index (χ0v) is 21.8. The molecular weight excluding hydrogens is 512 g/mol. The normalized spacial score (nSPS) is 18.9. The van der Waals surface area contributed by atoms with E-state index >= 15 is 0 Å². The maximum Gasteiger partial charge on any atom is 0.332 e. The van der Waals surface area contributed by atoms with Crippen molar-refractivity contribution in [3.63, 3.8) is 0 Å². The number of fused-ring (bicyclic) bond motifs is 4. The first-order valence-electron chi connectivity index (χ1n) is 12.8. The minimum atomic E-state index is -1.20. The fourth-order valence-electron chi connectivity index (χ4n) is 5.63. The Hall–Kier alpha value is -5.12. The van der Waals surface area contributed by atoms with Crippen LogP contribution >= 0.6 is 0 Å². The van der Waals surface area contributed by atoms with E-state index in [1.165, 1.54) is 19.1 Å². The first-order valence-corrected chi connectivity index (χ1v) is 12.8. The fraction of sp³-hybridized carbons (Fsp3) is 0.200. The molecule has 0 spiro atoms. The number of para-hydroxylation sites is 2. The van der Waals surface area contributed by atoms with E-state index in [0.717, 1.165) is 32.6 Å². The molecule has 2 aliphatic rings. The minimum absolute atomic E-state index is 0.0297. The molecule has 0 saturated carbocycles. The van der Waals surface area contributed by atoms with Crippen LogP contribution in [0, 0.1) is 0 Å². The number of urea groups is 1. The Morgan fingerprint density at radius 1 is 1.02 bits per heavy atom. The molecular formula is C30H26N4O6. The number of imide groups is 1. The largest absolute Gasteiger partial charge is 0.497 e. The molecule has 3 unspecified atom stereocenters. The highest BCUT2D eigenvalue weighted by atomic mass is 16.5. The van der Waals surface area contributed by atoms with Crippen molar-refractivity contribution in [1.29, 1.82) is 0 Å². The lowest BCUT2D eigenvalue weighted by atomic mass is 9.89. The second-order valence-corrected chi connectivity index (χ2v) is 9.87. The second kappa shape index (κ2) is 9.57. The number of carboxylic acid groups (broad SMARTS) is 1. The highest BCUT2D eigenvalue weighted by molar-refractivity contribution is 6.24. The molecule has 202 valence electrons. The van der Waals surface area contributed by atoms with Crippen LogP contribution in [-0.2, 0) is 16.0 Å². The van der Waals surface area contributed by atoms with Crippen LogP contribution in [-0.4, -0.2) is 58.0 Å². The molecule has 0 bridgehead atoms. The van der Waals surface area contributed by atoms with E-state index < -0.39 is 41.9 Å². The van der Waals surface area contributed by atoms with Gasteiger partial charge in [0, 0.05) is 23.0 Å². The molecule has 3 atom stereocenters. The summed E-state index contributed by atoms with van der Waals surface area (Å²) in [4.78, 5) is 58.6. The van der Waals surface area contributed by atoms with E-state index in [1.54, 1.807) is 24.1 Å². The van der Waals surface area contributed by atoms with Gasteiger partial charge >= 0.3 is 12.0 Å². The van der Waals surface area contributed by atoms with Crippen molar-refractivity contribution in [3.05, 3.63) is 95.2 Å². The van der Waals surface area contributed by atoms with Crippen LogP contribution < -0.4 is 15.0 Å². The number of benzene rings is 3. The summed E-state index contributed by atoms with van der Waals surface area (Å²) in [7, 11) is 1.58. The highest BCUT2D eigenvalue weighted by Gasteiger charge is 2.53. The molecule has 10 nitrogen and oxygen atoms in total. The maximum absolute atomic E-state index is 14.2. The number of amides is 4. The van der Waals surface area contributed by atoms with Gasteiger partial charge in [-0.1, -0.05) is 42.5 Å². The number of ether oxygens (including phenoxy) is 1. The van der Waals surface area contributed by atoms with Gasteiger partial charge in [-0.05, 0) is 48.4 Å². The lowest BCUT2D eigenvalue weighted by Gasteiger charge is -2.36. The summed E-state index contributed by atoms with van der Waals surface area (Å²) in [5.74, 6) is -1.69. The molecule has 3 N–H and O–H groups in total. The number of hydrogen-bond acceptors (Lipinski definition) is 5. The van der Waals surface area contributed by atoms with Gasteiger partial charge in [-0.3, -0.25) is 19.3 Å². The number of nitrogens with zero attached hydrogens (tertiary/aromatic N) is 2. The maximum atomic E-state index is 14.2. The molecule has 2 aliphatic heterocycles. The van der Waals surface area contributed by atoms with E-state index in [-0.39, 0.29) is 11.3 Å². The monoisotopic (exact) mass is 538 g/mol. The zero-order chi connectivity index (χ0) is 28.1. The highest BCUT2D eigenvalue weighted by Crippen LogP contribution is 2.45. The van der Waals surface area contributed by atoms with E-state index in [9.17, 15) is 24.3 Å². The molecule has 4 aromatic rings. The lowest BCUT2D eigenvalue weighted by Crippen LogP contribution is -2.44. The van der Waals surface area contributed by atoms with Crippen LogP contribution in [0.5, 0.6) is 5.75 Å². The Morgan fingerprint density at radius 2 is 1.73 bits per heavy atom. The molecule has 4 amide bonds. The van der Waals surface area contributed by atoms with E-state index in [1.807, 2.05) is 48.5 Å². The Balaban J connectivity index is 1.46. The molecule has 6 rings (SSSR count). The molecule has 40 heavy (non-hydrogen) atoms. The third-order valence-electron chi connectivity index (χ3n) is 7.59. The topological polar surface area (TPSA) is 132 Å². The van der Waals surface area contributed by atoms with E-state index in [2.05, 4.69) is 10.3 Å². The fourth-order valence-corrected chi connectivity index (χ4v) is 5.63. The van der Waals surface area contributed by atoms with Crippen molar-refractivity contribution in [2.45, 2.75) is 31.5 Å². The smallest absolute Gasteiger partial charge is 0.332 e. The van der Waals surface area contributed by atoms with Crippen molar-refractivity contribution in [1.82, 2.24) is 15.2 Å². The van der Waals surface area contributed by atoms with Crippen LogP contribution in [0.4, 0.5) is 10.5 Å². The number of carbonyl (C=O) groups excluding carboxylic acids is 3. The first-order chi connectivity index (χ1) is 19.3. The predicted molar refractivity (Wildman–Crippen MR) is 146 cm³/mol. The van der Waals surface area contributed by atoms with Crippen LogP contribution in [0.25, 0.3) is 10.9 Å². The summed E-state index contributed by atoms with van der Waals surface area (Å²) in [5, 5.41) is 12.6. The Labute approximate surface area is 229 Å². The molecule has 10 heteroatoms. The minimum Gasteiger partial charge on any atom is -0.497 e. The molecule has 3 aromatic carbocycles. The summed E-state index contributed by atoms with van der Waals surface area (Å²) in [6.45, 7) is 1.34. The summed E-state index contributed by atoms with van der Waals surface area (Å²) in [5.41, 5.74) is 3.63. The number of anilines is 1. The predicted octanol–water partition coefficient (Wildman–Crippen LogP) is 3.86. The van der Waals surface area contributed by atoms with Gasteiger partial charge in [0.2, 0.25) is 0 Å². The quantitative estimate of drug-likeness (QED) is 0.320. The second-order valence-electron chi connectivity index (χ2n) is 9.87. The zero-order valence-electron chi connectivity index (χ0n) is 21.8. The summed E-state index contributed by atoms with van der Waals surface area (Å²) in [6, 6.07) is 18.3. The van der Waals surface area contributed by atoms with Gasteiger partial charge in [0.25, 0.3) is 11.8 Å². The molecule has 0 radical (unpaired) electrons. The van der Waals surface area contributed by atoms with Crippen LogP contribution in [0.1, 0.15) is 40.1 Å². The molecule has 1 fully saturated rings. The number of nitrogens with one attached hydrogen (secondary N) is 2. The van der Waals surface area contributed by atoms with Crippen LogP contribution in [0.15, 0.2) is 72.8 Å². The number of carbonyl (C=O) groups is 4. The van der Waals surface area contributed by atoms with Gasteiger partial charge in [0.1, 0.15) is 23.9 Å². The number of aliphatic carboxylic acids is 1. The molecule has 1 aromatic heterocycles. The number of aromatic nitrogens is 1. The van der Waals surface area contributed by atoms with Gasteiger partial charge in [0.15, 0.2) is 0 Å². The SMILES string of the molecule is COc1ccc(C2c3[nH]c4ccccc4c3CC3C(=O)N(c4ccccc4C(=O)NC(C)C(=O)O)C(=O)N32)cc1. The number of carboxylic acids is 1. The Morgan fingerprint density at radius 3 is 2.45 bits per heavy atom. The van der Waals surface area contributed by atoms with Gasteiger partial charge in [-0.2, -0.15) is 0 Å². The number of aromatic amines is 1. The average Bonchev–Trinajstić information content (AvgIpc) is 3.46. The van der Waals surface area contributed by atoms with Gasteiger partial charge in [0.05, 0.1) is 18.4 Å². The Kier molecular flexibility index (Phi) is 6.02. The molecule has 3 heterocycles. The third-order valence-corrected chi connectivity index (χ3v) is 7.59. The van der Waals surface area contributed by atoms with Gasteiger partial charge in [-0.15, -0.1) is 0 Å². The third kappa shape index (κ3) is 3.87. The molecule has 0 aliphatic carbocycles. The summed E-state index contributed by atoms with van der Waals surface area (Å²) >= 11 is 0. The van der Waals surface area contributed by atoms with Crippen molar-refractivity contribution in [3.8, 4) is 5.75 Å². The Bertz CT molecular complexity index is 1680. The van der Waals surface area contributed by atoms with Gasteiger partial charge < -0.3 is 20.1 Å².